The zero-order valence-corrected chi connectivity index (χ0v) is 10.5. The van der Waals surface area contributed by atoms with E-state index in [0.717, 1.165) is 24.3 Å². The second kappa shape index (κ2) is 5.96. The Kier molecular flexibility index (Phi) is 4.08. The number of hydrogen-bond acceptors (Lipinski definition) is 2. The number of carbonyl (C=O) groups is 1. The average molecular weight is 256 g/mol. The van der Waals surface area contributed by atoms with E-state index in [0.29, 0.717) is 5.56 Å². The van der Waals surface area contributed by atoms with Gasteiger partial charge in [0.1, 0.15) is 0 Å². The van der Waals surface area contributed by atoms with E-state index < -0.39 is 11.8 Å². The fourth-order valence-corrected chi connectivity index (χ4v) is 1.71. The molecule has 2 nitrogen and oxygen atoms in total. The van der Waals surface area contributed by atoms with Crippen molar-refractivity contribution in [2.75, 3.05) is 7.11 Å². The third kappa shape index (κ3) is 3.28. The Morgan fingerprint density at radius 1 is 1.00 bits per heavy atom. The molecule has 0 unspecified atom stereocenters. The van der Waals surface area contributed by atoms with Gasteiger partial charge in [-0.1, -0.05) is 54.6 Å². The maximum atomic E-state index is 13.3. The molecular formula is C16H13FO2. The van der Waals surface area contributed by atoms with Crippen LogP contribution < -0.4 is 0 Å². The number of benzene rings is 2. The summed E-state index contributed by atoms with van der Waals surface area (Å²) >= 11 is 0. The highest BCUT2D eigenvalue weighted by Crippen LogP contribution is 2.20. The van der Waals surface area contributed by atoms with Crippen molar-refractivity contribution in [3.63, 3.8) is 0 Å². The van der Waals surface area contributed by atoms with Gasteiger partial charge in [-0.05, 0) is 22.8 Å². The number of halogens is 1. The lowest BCUT2D eigenvalue weighted by atomic mass is 10.0. The molecule has 0 aliphatic carbocycles. The Morgan fingerprint density at radius 3 is 2.16 bits per heavy atom. The Balaban J connectivity index is 2.22. The highest BCUT2D eigenvalue weighted by molar-refractivity contribution is 5.91. The largest absolute Gasteiger partial charge is 0.464 e. The van der Waals surface area contributed by atoms with Crippen LogP contribution in [-0.4, -0.2) is 13.1 Å². The molecule has 96 valence electrons. The van der Waals surface area contributed by atoms with Gasteiger partial charge in [0.2, 0.25) is 5.83 Å². The van der Waals surface area contributed by atoms with Crippen LogP contribution in [0.25, 0.3) is 17.2 Å². The van der Waals surface area contributed by atoms with Crippen molar-refractivity contribution in [1.82, 2.24) is 0 Å². The van der Waals surface area contributed by atoms with E-state index in [1.54, 1.807) is 12.1 Å². The van der Waals surface area contributed by atoms with Crippen LogP contribution in [0.3, 0.4) is 0 Å². The fraction of sp³-hybridized carbons (Fsp3) is 0.0625. The van der Waals surface area contributed by atoms with Crippen molar-refractivity contribution < 1.29 is 13.9 Å². The van der Waals surface area contributed by atoms with Gasteiger partial charge in [0.05, 0.1) is 7.11 Å². The first-order chi connectivity index (χ1) is 9.20. The summed E-state index contributed by atoms with van der Waals surface area (Å²) < 4.78 is 17.6. The molecule has 0 saturated heterocycles. The maximum Gasteiger partial charge on any atom is 0.366 e. The minimum absolute atomic E-state index is 0.614. The van der Waals surface area contributed by atoms with Crippen LogP contribution in [0.15, 0.2) is 60.4 Å². The minimum atomic E-state index is -0.966. The molecule has 2 aromatic rings. The number of ether oxygens (including phenoxy) is 1. The van der Waals surface area contributed by atoms with E-state index in [2.05, 4.69) is 4.74 Å². The van der Waals surface area contributed by atoms with Crippen molar-refractivity contribution >= 4 is 12.0 Å². The van der Waals surface area contributed by atoms with E-state index in [1.807, 2.05) is 42.5 Å². The number of carbonyl (C=O) groups excluding carboxylic acids is 1. The number of rotatable bonds is 3. The van der Waals surface area contributed by atoms with Gasteiger partial charge in [-0.15, -0.1) is 0 Å². The minimum Gasteiger partial charge on any atom is -0.464 e. The van der Waals surface area contributed by atoms with Crippen molar-refractivity contribution in [2.24, 2.45) is 0 Å². The number of esters is 1. The molecule has 0 bridgehead atoms. The Morgan fingerprint density at radius 2 is 1.58 bits per heavy atom. The monoisotopic (exact) mass is 256 g/mol. The van der Waals surface area contributed by atoms with Crippen molar-refractivity contribution in [3.05, 3.63) is 66.0 Å². The summed E-state index contributed by atoms with van der Waals surface area (Å²) in [5.74, 6) is -1.87. The first kappa shape index (κ1) is 13.0. The van der Waals surface area contributed by atoms with E-state index in [9.17, 15) is 9.18 Å². The summed E-state index contributed by atoms with van der Waals surface area (Å²) in [5.41, 5.74) is 2.74. The number of hydrogen-bond donors (Lipinski definition) is 0. The molecule has 0 saturated carbocycles. The van der Waals surface area contributed by atoms with Gasteiger partial charge < -0.3 is 4.74 Å². The predicted molar refractivity (Wildman–Crippen MR) is 73.0 cm³/mol. The maximum absolute atomic E-state index is 13.3. The third-order valence-electron chi connectivity index (χ3n) is 2.69. The molecule has 0 aromatic heterocycles. The van der Waals surface area contributed by atoms with Crippen LogP contribution in [0.2, 0.25) is 0 Å². The van der Waals surface area contributed by atoms with Crippen LogP contribution in [0.5, 0.6) is 0 Å². The average Bonchev–Trinajstić information content (AvgIpc) is 2.48. The Labute approximate surface area is 111 Å². The summed E-state index contributed by atoms with van der Waals surface area (Å²) in [4.78, 5) is 10.9. The topological polar surface area (TPSA) is 26.3 Å². The molecule has 3 heteroatoms. The lowest BCUT2D eigenvalue weighted by Crippen LogP contribution is -1.99. The second-order valence-electron chi connectivity index (χ2n) is 3.97. The third-order valence-corrected chi connectivity index (χ3v) is 2.69. The summed E-state index contributed by atoms with van der Waals surface area (Å²) in [6.07, 6.45) is 1.15. The molecule has 2 rings (SSSR count). The normalized spacial score (nSPS) is 11.2. The van der Waals surface area contributed by atoms with Gasteiger partial charge >= 0.3 is 5.97 Å². The van der Waals surface area contributed by atoms with E-state index >= 15 is 0 Å². The van der Waals surface area contributed by atoms with Gasteiger partial charge in [0, 0.05) is 0 Å². The van der Waals surface area contributed by atoms with Crippen LogP contribution in [0, 0.1) is 0 Å². The summed E-state index contributed by atoms with van der Waals surface area (Å²) in [6, 6.07) is 17.1. The van der Waals surface area contributed by atoms with Gasteiger partial charge in [-0.3, -0.25) is 0 Å². The van der Waals surface area contributed by atoms with E-state index in [-0.39, 0.29) is 0 Å². The summed E-state index contributed by atoms with van der Waals surface area (Å²) in [5, 5.41) is 0. The summed E-state index contributed by atoms with van der Waals surface area (Å²) in [6.45, 7) is 0. The van der Waals surface area contributed by atoms with Crippen molar-refractivity contribution in [2.45, 2.75) is 0 Å². The first-order valence-corrected chi connectivity index (χ1v) is 5.81. The van der Waals surface area contributed by atoms with E-state index in [1.165, 1.54) is 0 Å². The SMILES string of the molecule is COC(=O)/C(F)=C/c1ccc(-c2ccccc2)cc1. The molecular weight excluding hydrogens is 243 g/mol. The molecule has 0 aliphatic heterocycles. The zero-order valence-electron chi connectivity index (χ0n) is 10.5. The van der Waals surface area contributed by atoms with Crippen molar-refractivity contribution in [3.8, 4) is 11.1 Å². The molecule has 0 spiro atoms. The predicted octanol–water partition coefficient (Wildman–Crippen LogP) is 3.84. The molecule has 0 atom stereocenters. The second-order valence-corrected chi connectivity index (χ2v) is 3.97. The molecule has 0 heterocycles. The van der Waals surface area contributed by atoms with Gasteiger partial charge in [0.25, 0.3) is 0 Å². The standard InChI is InChI=1S/C16H13FO2/c1-19-16(18)15(17)11-12-7-9-14(10-8-12)13-5-3-2-4-6-13/h2-11H,1H3/b15-11-. The smallest absolute Gasteiger partial charge is 0.366 e. The molecule has 19 heavy (non-hydrogen) atoms. The lowest BCUT2D eigenvalue weighted by Gasteiger charge is -2.02. The fourth-order valence-electron chi connectivity index (χ4n) is 1.71. The van der Waals surface area contributed by atoms with Gasteiger partial charge in [-0.2, -0.15) is 4.39 Å². The molecule has 2 aromatic carbocycles. The Bertz CT molecular complexity index is 586. The van der Waals surface area contributed by atoms with Crippen LogP contribution >= 0.6 is 0 Å². The van der Waals surface area contributed by atoms with Crippen LogP contribution in [-0.2, 0) is 9.53 Å². The van der Waals surface area contributed by atoms with Crippen LogP contribution in [0.4, 0.5) is 4.39 Å². The molecule has 0 radical (unpaired) electrons. The molecule has 0 amide bonds. The first-order valence-electron chi connectivity index (χ1n) is 5.81. The highest BCUT2D eigenvalue weighted by atomic mass is 19.1. The van der Waals surface area contributed by atoms with Crippen molar-refractivity contribution in [1.29, 1.82) is 0 Å². The van der Waals surface area contributed by atoms with Gasteiger partial charge in [0.15, 0.2) is 0 Å². The zero-order chi connectivity index (χ0) is 13.7. The van der Waals surface area contributed by atoms with E-state index in [4.69, 9.17) is 0 Å². The molecule has 0 N–H and O–H groups in total. The molecule has 0 fully saturated rings. The van der Waals surface area contributed by atoms with Gasteiger partial charge in [-0.25, -0.2) is 4.79 Å². The lowest BCUT2D eigenvalue weighted by molar-refractivity contribution is -0.137. The highest BCUT2D eigenvalue weighted by Gasteiger charge is 2.07. The number of methoxy groups -OCH3 is 1. The molecule has 0 aliphatic rings. The Hall–Kier alpha value is -2.42. The van der Waals surface area contributed by atoms with Crippen LogP contribution in [0.1, 0.15) is 5.56 Å². The quantitative estimate of drug-likeness (QED) is 0.616. The summed E-state index contributed by atoms with van der Waals surface area (Å²) in [7, 11) is 1.15.